The van der Waals surface area contributed by atoms with Crippen molar-refractivity contribution in [3.63, 3.8) is 0 Å². The summed E-state index contributed by atoms with van der Waals surface area (Å²) in [5, 5.41) is 2.72. The van der Waals surface area contributed by atoms with Gasteiger partial charge >= 0.3 is 6.18 Å². The van der Waals surface area contributed by atoms with Crippen LogP contribution in [0.5, 0.6) is 5.75 Å². The highest BCUT2D eigenvalue weighted by molar-refractivity contribution is 5.79. The first kappa shape index (κ1) is 25.8. The second-order valence-electron chi connectivity index (χ2n) is 10.6. The molecule has 2 heterocycles. The Morgan fingerprint density at radius 1 is 1.16 bits per heavy atom. The molecule has 1 saturated heterocycles. The van der Waals surface area contributed by atoms with Gasteiger partial charge in [0.2, 0.25) is 5.91 Å². The Labute approximate surface area is 216 Å². The summed E-state index contributed by atoms with van der Waals surface area (Å²) in [7, 11) is 1.68. The summed E-state index contributed by atoms with van der Waals surface area (Å²) in [6.45, 7) is 4.59. The fraction of sp³-hybridized carbons (Fsp3) is 0.517. The zero-order chi connectivity index (χ0) is 26.2. The molecule has 0 radical (unpaired) electrons. The summed E-state index contributed by atoms with van der Waals surface area (Å²) >= 11 is 0. The molecule has 2 aromatic rings. The van der Waals surface area contributed by atoms with Crippen LogP contribution in [0.3, 0.4) is 0 Å². The van der Waals surface area contributed by atoms with E-state index in [4.69, 9.17) is 4.74 Å². The minimum atomic E-state index is -4.40. The Morgan fingerprint density at radius 3 is 2.62 bits per heavy atom. The second kappa shape index (κ2) is 10.5. The maximum atomic E-state index is 13.8. The van der Waals surface area contributed by atoms with Crippen LogP contribution in [0.1, 0.15) is 72.9 Å². The van der Waals surface area contributed by atoms with E-state index in [0.717, 1.165) is 64.2 Å². The average Bonchev–Trinajstić information content (AvgIpc) is 3.39. The first-order valence-corrected chi connectivity index (χ1v) is 13.2. The molecule has 0 atom stereocenters. The number of alkyl halides is 3. The number of carbonyl (C=O) groups is 1. The van der Waals surface area contributed by atoms with Gasteiger partial charge in [0.05, 0.1) is 17.2 Å². The topological polar surface area (TPSA) is 54.5 Å². The van der Waals surface area contributed by atoms with Crippen LogP contribution in [0.2, 0.25) is 0 Å². The van der Waals surface area contributed by atoms with Gasteiger partial charge in [-0.15, -0.1) is 0 Å². The van der Waals surface area contributed by atoms with Crippen LogP contribution in [-0.2, 0) is 24.0 Å². The Morgan fingerprint density at radius 2 is 1.92 bits per heavy atom. The average molecular weight is 514 g/mol. The number of likely N-dealkylation sites (tertiary alicyclic amines) is 1. The van der Waals surface area contributed by atoms with Crippen molar-refractivity contribution in [2.45, 2.75) is 64.1 Å². The molecular weight excluding hydrogens is 479 g/mol. The Hall–Kier alpha value is -2.87. The number of hydrogen-bond acceptors (Lipinski definition) is 4. The minimum absolute atomic E-state index is 0.00561. The predicted molar refractivity (Wildman–Crippen MR) is 136 cm³/mol. The number of hydrogen-bond donors (Lipinski definition) is 1. The molecule has 5 rings (SSSR count). The van der Waals surface area contributed by atoms with Crippen LogP contribution < -0.4 is 10.1 Å². The summed E-state index contributed by atoms with van der Waals surface area (Å²) in [5.74, 6) is 0.779. The lowest BCUT2D eigenvalue weighted by Crippen LogP contribution is -2.53. The van der Waals surface area contributed by atoms with Crippen molar-refractivity contribution in [1.82, 2.24) is 15.2 Å². The van der Waals surface area contributed by atoms with Crippen LogP contribution in [0.4, 0.5) is 13.2 Å². The number of aromatic nitrogens is 1. The van der Waals surface area contributed by atoms with E-state index >= 15 is 0 Å². The molecular formula is C29H34F3N3O2. The maximum Gasteiger partial charge on any atom is 0.416 e. The Bertz CT molecular complexity index is 1200. The number of ether oxygens (including phenoxy) is 1. The van der Waals surface area contributed by atoms with E-state index in [1.54, 1.807) is 7.05 Å². The molecule has 3 aliphatic rings. The van der Waals surface area contributed by atoms with Crippen molar-refractivity contribution >= 4 is 11.5 Å². The van der Waals surface area contributed by atoms with Gasteiger partial charge in [-0.1, -0.05) is 24.5 Å². The van der Waals surface area contributed by atoms with Crippen LogP contribution in [0.15, 0.2) is 36.0 Å². The molecule has 1 N–H and O–H groups in total. The number of nitrogens with one attached hydrogen (secondary N) is 1. The van der Waals surface area contributed by atoms with Gasteiger partial charge < -0.3 is 10.1 Å². The molecule has 37 heavy (non-hydrogen) atoms. The lowest BCUT2D eigenvalue weighted by molar-refractivity contribution is -0.138. The number of carbonyl (C=O) groups excluding carboxylic acids is 1. The summed E-state index contributed by atoms with van der Waals surface area (Å²) < 4.78 is 47.3. The third-order valence-corrected chi connectivity index (χ3v) is 8.17. The molecule has 1 saturated carbocycles. The second-order valence-corrected chi connectivity index (χ2v) is 10.6. The highest BCUT2D eigenvalue weighted by Gasteiger charge is 2.37. The number of pyridine rings is 1. The van der Waals surface area contributed by atoms with Gasteiger partial charge in [0.1, 0.15) is 12.4 Å². The first-order chi connectivity index (χ1) is 17.7. The normalized spacial score (nSPS) is 19.1. The van der Waals surface area contributed by atoms with Crippen molar-refractivity contribution in [3.8, 4) is 5.75 Å². The molecule has 1 aromatic heterocycles. The highest BCUT2D eigenvalue weighted by Crippen LogP contribution is 2.41. The Kier molecular flexibility index (Phi) is 7.30. The standard InChI is InChI=1S/C29H34F3N3O2/c1-18-21(14-35-15-22(16-35)28(36)33-2)8-7-20-11-24(9-10-25(18)20)37-17-23-12-27(29(30,31)32)26(13-34-23)19-5-3-4-6-19/h9-13,19,22H,3-8,14-17H2,1-2H3,(H,33,36). The molecule has 0 spiro atoms. The van der Waals surface area contributed by atoms with E-state index in [0.29, 0.717) is 11.3 Å². The van der Waals surface area contributed by atoms with Gasteiger partial charge in [-0.2, -0.15) is 13.2 Å². The van der Waals surface area contributed by atoms with Gasteiger partial charge in [0, 0.05) is 32.9 Å². The smallest absolute Gasteiger partial charge is 0.416 e. The zero-order valence-electron chi connectivity index (χ0n) is 21.5. The van der Waals surface area contributed by atoms with E-state index in [-0.39, 0.29) is 30.0 Å². The van der Waals surface area contributed by atoms with E-state index in [1.807, 2.05) is 18.2 Å². The summed E-state index contributed by atoms with van der Waals surface area (Å²) in [6.07, 6.45) is 2.37. The van der Waals surface area contributed by atoms with E-state index in [1.165, 1.54) is 28.5 Å². The maximum absolute atomic E-state index is 13.8. The zero-order valence-corrected chi connectivity index (χ0v) is 21.5. The quantitative estimate of drug-likeness (QED) is 0.514. The molecule has 1 amide bonds. The van der Waals surface area contributed by atoms with E-state index in [2.05, 4.69) is 22.1 Å². The number of rotatable bonds is 7. The molecule has 0 bridgehead atoms. The number of halogens is 3. The number of allylic oxidation sites excluding steroid dienone is 1. The summed E-state index contributed by atoms with van der Waals surface area (Å²) in [6, 6.07) is 7.09. The predicted octanol–water partition coefficient (Wildman–Crippen LogP) is 5.73. The van der Waals surface area contributed by atoms with Gasteiger partial charge in [-0.3, -0.25) is 14.7 Å². The van der Waals surface area contributed by atoms with Crippen LogP contribution in [-0.4, -0.2) is 42.5 Å². The summed E-state index contributed by atoms with van der Waals surface area (Å²) in [5.41, 5.74) is 5.06. The number of nitrogens with zero attached hydrogens (tertiary/aromatic N) is 2. The highest BCUT2D eigenvalue weighted by atomic mass is 19.4. The fourth-order valence-electron chi connectivity index (χ4n) is 5.99. The van der Waals surface area contributed by atoms with Crippen molar-refractivity contribution in [2.24, 2.45) is 5.92 Å². The van der Waals surface area contributed by atoms with Gasteiger partial charge in [0.15, 0.2) is 0 Å². The SMILES string of the molecule is CNC(=O)C1CN(CC2=C(C)c3ccc(OCc4cc(C(F)(F)F)c(C5CCCC5)cn4)cc3CC2)C1. The van der Waals surface area contributed by atoms with E-state index < -0.39 is 11.7 Å². The van der Waals surface area contributed by atoms with E-state index in [9.17, 15) is 18.0 Å². The molecule has 1 aliphatic heterocycles. The third kappa shape index (κ3) is 5.54. The van der Waals surface area contributed by atoms with Crippen LogP contribution in [0.25, 0.3) is 5.57 Å². The third-order valence-electron chi connectivity index (χ3n) is 8.17. The molecule has 2 fully saturated rings. The number of amides is 1. The van der Waals surface area contributed by atoms with Crippen LogP contribution in [0, 0.1) is 5.92 Å². The number of aryl methyl sites for hydroxylation is 1. The molecule has 5 nitrogen and oxygen atoms in total. The van der Waals surface area contributed by atoms with Crippen molar-refractivity contribution < 1.29 is 22.7 Å². The van der Waals surface area contributed by atoms with Crippen molar-refractivity contribution in [1.29, 1.82) is 0 Å². The lowest BCUT2D eigenvalue weighted by Gasteiger charge is -2.39. The fourth-order valence-corrected chi connectivity index (χ4v) is 5.99. The molecule has 198 valence electrons. The van der Waals surface area contributed by atoms with Gasteiger partial charge in [0.25, 0.3) is 0 Å². The van der Waals surface area contributed by atoms with Gasteiger partial charge in [-0.05, 0) is 79.0 Å². The monoisotopic (exact) mass is 513 g/mol. The van der Waals surface area contributed by atoms with Crippen molar-refractivity contribution in [2.75, 3.05) is 26.7 Å². The molecule has 0 unspecified atom stereocenters. The lowest BCUT2D eigenvalue weighted by atomic mass is 9.85. The van der Waals surface area contributed by atoms with Crippen molar-refractivity contribution in [3.05, 3.63) is 64.0 Å². The molecule has 8 heteroatoms. The number of fused-ring (bicyclic) bond motifs is 1. The summed E-state index contributed by atoms with van der Waals surface area (Å²) in [4.78, 5) is 18.4. The molecule has 2 aliphatic carbocycles. The largest absolute Gasteiger partial charge is 0.487 e. The number of benzene rings is 1. The van der Waals surface area contributed by atoms with Gasteiger partial charge in [-0.25, -0.2) is 0 Å². The molecule has 1 aromatic carbocycles. The minimum Gasteiger partial charge on any atom is -0.487 e. The first-order valence-electron chi connectivity index (χ1n) is 13.2. The Balaban J connectivity index is 1.24. The van der Waals surface area contributed by atoms with Crippen LogP contribution >= 0.6 is 0 Å².